The Morgan fingerprint density at radius 2 is 1.70 bits per heavy atom. The summed E-state index contributed by atoms with van der Waals surface area (Å²) in [6.07, 6.45) is 0. The lowest BCUT2D eigenvalue weighted by molar-refractivity contribution is 1.70. The van der Waals surface area contributed by atoms with E-state index in [1.165, 1.54) is 0 Å². The Labute approximate surface area is 58.6 Å². The molecule has 0 saturated carbocycles. The molecule has 0 atom stereocenters. The Hall–Kier alpha value is -1.37. The third-order valence-electron chi connectivity index (χ3n) is 1.47. The fourth-order valence-electron chi connectivity index (χ4n) is 0.890. The van der Waals surface area contributed by atoms with Crippen molar-refractivity contribution in [3.8, 4) is 11.1 Å². The molecule has 2 aromatic rings. The average Bonchev–Trinajstić information content (AvgIpc) is 2.69. The number of hydrogen-bond donors (Lipinski definition) is 0. The molecule has 2 rings (SSSR count). The van der Waals surface area contributed by atoms with E-state index in [0.29, 0.717) is 0 Å². The van der Waals surface area contributed by atoms with E-state index >= 15 is 0 Å². The Bertz CT molecular complexity index is 339. The maximum atomic E-state index is 10.5. The van der Waals surface area contributed by atoms with Crippen LogP contribution in [0.25, 0.3) is 11.1 Å². The van der Waals surface area contributed by atoms with Gasteiger partial charge in [0.2, 0.25) is 0 Å². The topological polar surface area (TPSA) is 17.1 Å². The van der Waals surface area contributed by atoms with Gasteiger partial charge in [-0.1, -0.05) is 30.3 Å². The average molecular weight is 129 g/mol. The van der Waals surface area contributed by atoms with E-state index in [1.807, 2.05) is 30.3 Å². The molecule has 0 amide bonds. The van der Waals surface area contributed by atoms with Crippen molar-refractivity contribution in [2.24, 2.45) is 0 Å². The maximum Gasteiger partial charge on any atom is 0.195 e. The second-order valence-corrected chi connectivity index (χ2v) is 2.20. The zero-order valence-corrected chi connectivity index (χ0v) is 5.29. The van der Waals surface area contributed by atoms with Crippen LogP contribution in [0.3, 0.4) is 0 Å². The highest BCUT2D eigenvalue weighted by atomic mass is 16.1. The summed E-state index contributed by atoms with van der Waals surface area (Å²) in [5.41, 5.74) is 1.76. The summed E-state index contributed by atoms with van der Waals surface area (Å²) in [6, 6.07) is 12.2. The standard InChI is InChI=1S/C9H5O/c10-9-6-8(9)7-4-2-1-3-5-7/h1-5H. The highest BCUT2D eigenvalue weighted by Crippen LogP contribution is 2.16. The third-order valence-corrected chi connectivity index (χ3v) is 1.47. The molecule has 1 heteroatoms. The summed E-state index contributed by atoms with van der Waals surface area (Å²) in [4.78, 5) is 10.5. The number of rotatable bonds is 1. The Morgan fingerprint density at radius 3 is 2.20 bits per heavy atom. The van der Waals surface area contributed by atoms with Crippen LogP contribution in [0.15, 0.2) is 35.1 Å². The molecule has 0 spiro atoms. The first-order valence-electron chi connectivity index (χ1n) is 3.11. The van der Waals surface area contributed by atoms with Gasteiger partial charge in [0, 0.05) is 11.6 Å². The van der Waals surface area contributed by atoms with Crippen molar-refractivity contribution >= 4 is 0 Å². The minimum atomic E-state index is 0.0474. The molecule has 2 aromatic carbocycles. The van der Waals surface area contributed by atoms with Crippen LogP contribution < -0.4 is 5.43 Å². The summed E-state index contributed by atoms with van der Waals surface area (Å²) in [5.74, 6) is 0. The first-order chi connectivity index (χ1) is 4.88. The highest BCUT2D eigenvalue weighted by Gasteiger charge is 2.09. The summed E-state index contributed by atoms with van der Waals surface area (Å²) >= 11 is 0. The van der Waals surface area contributed by atoms with Gasteiger partial charge in [0.05, 0.1) is 0 Å². The van der Waals surface area contributed by atoms with E-state index in [-0.39, 0.29) is 5.43 Å². The molecule has 1 nitrogen and oxygen atoms in total. The Kier molecular flexibility index (Phi) is 0.978. The first-order valence-corrected chi connectivity index (χ1v) is 3.11. The van der Waals surface area contributed by atoms with Gasteiger partial charge in [-0.25, -0.2) is 0 Å². The van der Waals surface area contributed by atoms with E-state index < -0.39 is 0 Å². The van der Waals surface area contributed by atoms with E-state index in [4.69, 9.17) is 0 Å². The lowest BCUT2D eigenvalue weighted by atomic mass is 10.2. The molecule has 0 saturated heterocycles. The van der Waals surface area contributed by atoms with Crippen molar-refractivity contribution in [1.82, 2.24) is 0 Å². The quantitative estimate of drug-likeness (QED) is 0.568. The normalized spacial score (nSPS) is 10.4. The maximum absolute atomic E-state index is 10.5. The van der Waals surface area contributed by atoms with Crippen molar-refractivity contribution in [3.63, 3.8) is 0 Å². The molecule has 1 radical (unpaired) electrons. The molecule has 0 aliphatic rings. The van der Waals surface area contributed by atoms with Crippen LogP contribution in [-0.4, -0.2) is 0 Å². The fourth-order valence-corrected chi connectivity index (χ4v) is 0.890. The smallest absolute Gasteiger partial charge is 0.195 e. The summed E-state index contributed by atoms with van der Waals surface area (Å²) in [6.45, 7) is 0. The number of hydrogen-bond acceptors (Lipinski definition) is 1. The summed E-state index contributed by atoms with van der Waals surface area (Å²) < 4.78 is 0. The van der Waals surface area contributed by atoms with Crippen molar-refractivity contribution in [2.45, 2.75) is 0 Å². The van der Waals surface area contributed by atoms with Crippen molar-refractivity contribution in [2.75, 3.05) is 0 Å². The summed E-state index contributed by atoms with van der Waals surface area (Å²) in [5, 5.41) is 0. The Balaban J connectivity index is 2.47. The van der Waals surface area contributed by atoms with E-state index in [0.717, 1.165) is 11.1 Å². The van der Waals surface area contributed by atoms with Gasteiger partial charge >= 0.3 is 0 Å². The van der Waals surface area contributed by atoms with Gasteiger partial charge in [0.1, 0.15) is 0 Å². The van der Waals surface area contributed by atoms with Crippen molar-refractivity contribution in [1.29, 1.82) is 0 Å². The van der Waals surface area contributed by atoms with Gasteiger partial charge in [-0.05, 0) is 5.56 Å². The molecule has 0 aliphatic carbocycles. The first kappa shape index (κ1) is 5.42. The second kappa shape index (κ2) is 1.81. The molecular formula is C9H5O. The predicted octanol–water partition coefficient (Wildman–Crippen LogP) is 1.39. The zero-order valence-electron chi connectivity index (χ0n) is 5.29. The van der Waals surface area contributed by atoms with Gasteiger partial charge < -0.3 is 0 Å². The van der Waals surface area contributed by atoms with Crippen LogP contribution in [0.1, 0.15) is 0 Å². The van der Waals surface area contributed by atoms with Crippen LogP contribution in [-0.2, 0) is 0 Å². The SMILES string of the molecule is O=c1[c]c1-c1ccccc1. The zero-order chi connectivity index (χ0) is 6.97. The van der Waals surface area contributed by atoms with Gasteiger partial charge in [-0.15, -0.1) is 0 Å². The molecule has 0 aromatic heterocycles. The predicted molar refractivity (Wildman–Crippen MR) is 39.4 cm³/mol. The monoisotopic (exact) mass is 129 g/mol. The van der Waals surface area contributed by atoms with Gasteiger partial charge in [-0.3, -0.25) is 4.79 Å². The van der Waals surface area contributed by atoms with Crippen LogP contribution >= 0.6 is 0 Å². The van der Waals surface area contributed by atoms with Crippen LogP contribution in [0.5, 0.6) is 0 Å². The second-order valence-electron chi connectivity index (χ2n) is 2.20. The molecule has 10 heavy (non-hydrogen) atoms. The lowest BCUT2D eigenvalue weighted by Crippen LogP contribution is -1.74. The molecule has 47 valence electrons. The minimum Gasteiger partial charge on any atom is -0.289 e. The molecule has 0 N–H and O–H groups in total. The van der Waals surface area contributed by atoms with E-state index in [2.05, 4.69) is 6.07 Å². The van der Waals surface area contributed by atoms with Crippen molar-refractivity contribution in [3.05, 3.63) is 46.6 Å². The van der Waals surface area contributed by atoms with Crippen LogP contribution in [0.4, 0.5) is 0 Å². The molecule has 0 aliphatic heterocycles. The molecule has 0 fully saturated rings. The molecule has 0 unspecified atom stereocenters. The largest absolute Gasteiger partial charge is 0.289 e. The molecule has 0 bridgehead atoms. The van der Waals surface area contributed by atoms with Gasteiger partial charge in [-0.2, -0.15) is 0 Å². The molecular weight excluding hydrogens is 124 g/mol. The van der Waals surface area contributed by atoms with Crippen molar-refractivity contribution < 1.29 is 0 Å². The van der Waals surface area contributed by atoms with E-state index in [9.17, 15) is 4.79 Å². The summed E-state index contributed by atoms with van der Waals surface area (Å²) in [7, 11) is 0. The molecule has 0 heterocycles. The lowest BCUT2D eigenvalue weighted by Gasteiger charge is -1.86. The van der Waals surface area contributed by atoms with E-state index in [1.54, 1.807) is 0 Å². The van der Waals surface area contributed by atoms with Gasteiger partial charge in [0.15, 0.2) is 5.43 Å². The number of benzene rings is 1. The fraction of sp³-hybridized carbons (Fsp3) is 0. The van der Waals surface area contributed by atoms with Crippen LogP contribution in [0.2, 0.25) is 0 Å². The Morgan fingerprint density at radius 1 is 1.10 bits per heavy atom. The minimum absolute atomic E-state index is 0.0474. The van der Waals surface area contributed by atoms with Crippen LogP contribution in [0, 0.1) is 6.07 Å². The van der Waals surface area contributed by atoms with Gasteiger partial charge in [0.25, 0.3) is 0 Å². The highest BCUT2D eigenvalue weighted by molar-refractivity contribution is 5.68. The third kappa shape index (κ3) is 0.760.